The first-order chi connectivity index (χ1) is 21.8. The maximum atomic E-state index is 13.1. The van der Waals surface area contributed by atoms with E-state index in [0.29, 0.717) is 30.8 Å². The van der Waals surface area contributed by atoms with Gasteiger partial charge in [0.2, 0.25) is 0 Å². The smallest absolute Gasteiger partial charge is 0.407 e. The molecule has 3 aromatic carbocycles. The highest BCUT2D eigenvalue weighted by atomic mass is 16.7. The van der Waals surface area contributed by atoms with Crippen LogP contribution in [0.4, 0.5) is 4.79 Å². The van der Waals surface area contributed by atoms with Crippen LogP contribution in [0.2, 0.25) is 0 Å². The van der Waals surface area contributed by atoms with E-state index in [1.54, 1.807) is 19.1 Å². The number of carbonyl (C=O) groups excluding carboxylic acids is 2. The van der Waals surface area contributed by atoms with E-state index in [0.717, 1.165) is 23.1 Å². The van der Waals surface area contributed by atoms with E-state index < -0.39 is 30.4 Å². The largest absolute Gasteiger partial charge is 0.508 e. The summed E-state index contributed by atoms with van der Waals surface area (Å²) in [5.41, 5.74) is 3.28. The van der Waals surface area contributed by atoms with Gasteiger partial charge >= 0.3 is 6.09 Å². The third-order valence-corrected chi connectivity index (χ3v) is 8.45. The van der Waals surface area contributed by atoms with E-state index in [1.165, 1.54) is 0 Å². The Morgan fingerprint density at radius 2 is 1.62 bits per heavy atom. The number of alkyl carbamates (subject to hydrolysis) is 1. The van der Waals surface area contributed by atoms with Crippen LogP contribution in [0.3, 0.4) is 0 Å². The van der Waals surface area contributed by atoms with Crippen molar-refractivity contribution in [2.45, 2.75) is 70.1 Å². The molecule has 2 aliphatic heterocycles. The number of hydrogen-bond donors (Lipinski definition) is 4. The lowest BCUT2D eigenvalue weighted by atomic mass is 9.93. The van der Waals surface area contributed by atoms with Crippen molar-refractivity contribution in [1.29, 1.82) is 0 Å². The Labute approximate surface area is 263 Å². The van der Waals surface area contributed by atoms with Crippen molar-refractivity contribution < 1.29 is 38.7 Å². The van der Waals surface area contributed by atoms with Crippen LogP contribution < -0.4 is 15.4 Å². The number of benzene rings is 3. The Morgan fingerprint density at radius 1 is 0.933 bits per heavy atom. The number of amides is 2. The number of phenolic OH excluding ortho intramolecular Hbond substituents is 1. The molecule has 10 heteroatoms. The third kappa shape index (κ3) is 8.75. The molecule has 0 radical (unpaired) electrons. The van der Waals surface area contributed by atoms with Gasteiger partial charge < -0.3 is 39.8 Å². The van der Waals surface area contributed by atoms with Gasteiger partial charge in [0.15, 0.2) is 12.9 Å². The van der Waals surface area contributed by atoms with Gasteiger partial charge in [0.25, 0.3) is 5.91 Å². The van der Waals surface area contributed by atoms with E-state index in [4.69, 9.17) is 18.9 Å². The molecule has 0 bridgehead atoms. The van der Waals surface area contributed by atoms with E-state index in [2.05, 4.69) is 10.6 Å². The molecule has 45 heavy (non-hydrogen) atoms. The fourth-order valence-electron chi connectivity index (χ4n) is 6.02. The highest BCUT2D eigenvalue weighted by molar-refractivity contribution is 5.78. The second-order valence-corrected chi connectivity index (χ2v) is 11.8. The number of aryl methyl sites for hydroxylation is 1. The van der Waals surface area contributed by atoms with Crippen molar-refractivity contribution in [2.75, 3.05) is 19.8 Å². The normalized spacial score (nSPS) is 20.9. The maximum Gasteiger partial charge on any atom is 0.407 e. The van der Waals surface area contributed by atoms with Gasteiger partial charge in [-0.15, -0.1) is 0 Å². The Kier molecular flexibility index (Phi) is 10.9. The molecule has 2 heterocycles. The minimum atomic E-state index is -1.02. The maximum absolute atomic E-state index is 13.1. The van der Waals surface area contributed by atoms with Crippen LogP contribution in [0.5, 0.6) is 11.5 Å². The predicted molar refractivity (Wildman–Crippen MR) is 167 cm³/mol. The van der Waals surface area contributed by atoms with Gasteiger partial charge in [-0.25, -0.2) is 4.79 Å². The van der Waals surface area contributed by atoms with Crippen LogP contribution in [0.25, 0.3) is 0 Å². The molecular formula is C35H42N2O8. The van der Waals surface area contributed by atoms with Crippen molar-refractivity contribution in [3.63, 3.8) is 0 Å². The van der Waals surface area contributed by atoms with Crippen molar-refractivity contribution >= 4 is 12.0 Å². The predicted octanol–water partition coefficient (Wildman–Crippen LogP) is 3.97. The van der Waals surface area contributed by atoms with Crippen molar-refractivity contribution in [2.24, 2.45) is 5.92 Å². The Bertz CT molecular complexity index is 1420. The molecule has 240 valence electrons. The highest BCUT2D eigenvalue weighted by Crippen LogP contribution is 2.33. The number of hydrogen-bond acceptors (Lipinski definition) is 8. The van der Waals surface area contributed by atoms with Crippen molar-refractivity contribution in [3.05, 3.63) is 95.1 Å². The summed E-state index contributed by atoms with van der Waals surface area (Å²) in [6, 6.07) is 21.4. The lowest BCUT2D eigenvalue weighted by Gasteiger charge is -2.29. The van der Waals surface area contributed by atoms with Crippen molar-refractivity contribution in [3.8, 4) is 11.5 Å². The second kappa shape index (κ2) is 15.2. The van der Waals surface area contributed by atoms with E-state index >= 15 is 0 Å². The summed E-state index contributed by atoms with van der Waals surface area (Å²) in [4.78, 5) is 26.2. The lowest BCUT2D eigenvalue weighted by molar-refractivity contribution is -0.124. The minimum Gasteiger partial charge on any atom is -0.508 e. The van der Waals surface area contributed by atoms with E-state index in [9.17, 15) is 19.8 Å². The standard InChI is InChI=1S/C35H42N2O8/c1-22-13-14-29(38)23(2)33(22)43-21-32(40)36-26(17-24-9-5-3-6-10-24)19-30(39)28(18-25-11-7-4-8-12-25)37-35(41)45-31-20-44-34-27(31)15-16-42-34/h3-14,26-28,30-31,34,38-39H,15-21H2,1-2H3,(H,36,40)(H,37,41)/t26-,27?,28-,30-,31-,34?/m0/s1. The summed E-state index contributed by atoms with van der Waals surface area (Å²) in [5, 5.41) is 27.6. The van der Waals surface area contributed by atoms with Crippen molar-refractivity contribution in [1.82, 2.24) is 10.6 Å². The zero-order chi connectivity index (χ0) is 31.8. The molecule has 2 unspecified atom stereocenters. The fraction of sp³-hybridized carbons (Fsp3) is 0.429. The molecule has 2 aliphatic rings. The second-order valence-electron chi connectivity index (χ2n) is 11.8. The number of ether oxygens (including phenoxy) is 4. The monoisotopic (exact) mass is 618 g/mol. The Balaban J connectivity index is 1.27. The first-order valence-electron chi connectivity index (χ1n) is 15.4. The summed E-state index contributed by atoms with van der Waals surface area (Å²) in [7, 11) is 0. The van der Waals surface area contributed by atoms with Gasteiger partial charge in [0.1, 0.15) is 17.6 Å². The third-order valence-electron chi connectivity index (χ3n) is 8.45. The topological polar surface area (TPSA) is 136 Å². The zero-order valence-electron chi connectivity index (χ0n) is 25.7. The molecule has 2 amide bonds. The number of rotatable bonds is 13. The molecule has 5 rings (SSSR count). The molecular weight excluding hydrogens is 576 g/mol. The van der Waals surface area contributed by atoms with Crippen LogP contribution in [0.1, 0.15) is 35.1 Å². The number of aromatic hydroxyl groups is 1. The summed E-state index contributed by atoms with van der Waals surface area (Å²) in [6.45, 7) is 4.15. The average molecular weight is 619 g/mol. The summed E-state index contributed by atoms with van der Waals surface area (Å²) < 4.78 is 22.7. The lowest BCUT2D eigenvalue weighted by Crippen LogP contribution is -2.50. The number of aliphatic hydroxyl groups excluding tert-OH is 1. The fourth-order valence-corrected chi connectivity index (χ4v) is 6.02. The number of nitrogens with one attached hydrogen (secondary N) is 2. The molecule has 0 spiro atoms. The van der Waals surface area contributed by atoms with Gasteiger partial charge in [0, 0.05) is 11.6 Å². The molecule has 2 fully saturated rings. The van der Waals surface area contributed by atoms with Gasteiger partial charge in [-0.3, -0.25) is 4.79 Å². The molecule has 0 aliphatic carbocycles. The quantitative estimate of drug-likeness (QED) is 0.226. The number of aliphatic hydroxyl groups is 1. The molecule has 3 aromatic rings. The molecule has 0 aromatic heterocycles. The molecule has 6 atom stereocenters. The number of fused-ring (bicyclic) bond motifs is 1. The van der Waals surface area contributed by atoms with Crippen LogP contribution in [0.15, 0.2) is 72.8 Å². The minimum absolute atomic E-state index is 0.00615. The Hall–Kier alpha value is -4.12. The van der Waals surface area contributed by atoms with Crippen LogP contribution in [0, 0.1) is 19.8 Å². The molecule has 2 saturated heterocycles. The van der Waals surface area contributed by atoms with Gasteiger partial charge in [-0.05, 0) is 62.3 Å². The van der Waals surface area contributed by atoms with Gasteiger partial charge in [-0.1, -0.05) is 66.7 Å². The first-order valence-corrected chi connectivity index (χ1v) is 15.4. The number of phenols is 1. The van der Waals surface area contributed by atoms with Crippen LogP contribution in [-0.4, -0.2) is 72.6 Å². The van der Waals surface area contributed by atoms with Crippen LogP contribution >= 0.6 is 0 Å². The molecule has 4 N–H and O–H groups in total. The summed E-state index contributed by atoms with van der Waals surface area (Å²) in [5.74, 6) is 0.173. The SMILES string of the molecule is Cc1ccc(O)c(C)c1OCC(=O)N[C@@H](Cc1ccccc1)C[C@H](O)[C@H](Cc1ccccc1)NC(=O)O[C@H]1COC2OCCC21. The highest BCUT2D eigenvalue weighted by Gasteiger charge is 2.44. The first kappa shape index (κ1) is 32.3. The molecule has 0 saturated carbocycles. The van der Waals surface area contributed by atoms with Crippen LogP contribution in [-0.2, 0) is 31.8 Å². The number of carbonyl (C=O) groups is 2. The van der Waals surface area contributed by atoms with E-state index in [-0.39, 0.29) is 43.5 Å². The zero-order valence-corrected chi connectivity index (χ0v) is 25.7. The summed E-state index contributed by atoms with van der Waals surface area (Å²) >= 11 is 0. The summed E-state index contributed by atoms with van der Waals surface area (Å²) in [6.07, 6.45) is -0.689. The average Bonchev–Trinajstić information content (AvgIpc) is 3.65. The van der Waals surface area contributed by atoms with Gasteiger partial charge in [0.05, 0.1) is 31.3 Å². The van der Waals surface area contributed by atoms with E-state index in [1.807, 2.05) is 67.6 Å². The van der Waals surface area contributed by atoms with Gasteiger partial charge in [-0.2, -0.15) is 0 Å². The molecule has 10 nitrogen and oxygen atoms in total. The Morgan fingerprint density at radius 3 is 2.33 bits per heavy atom.